The van der Waals surface area contributed by atoms with Crippen molar-refractivity contribution in [2.45, 2.75) is 25.5 Å². The lowest BCUT2D eigenvalue weighted by Gasteiger charge is -2.11. The number of rotatable bonds is 7. The Labute approximate surface area is 180 Å². The molecule has 0 saturated heterocycles. The van der Waals surface area contributed by atoms with Gasteiger partial charge in [-0.2, -0.15) is 0 Å². The van der Waals surface area contributed by atoms with Crippen LogP contribution in [-0.4, -0.2) is 31.3 Å². The smallest absolute Gasteiger partial charge is 0.192 e. The number of carbonyl (C=O) groups excluding carboxylic acids is 1. The van der Waals surface area contributed by atoms with Crippen LogP contribution in [0.3, 0.4) is 0 Å². The van der Waals surface area contributed by atoms with Gasteiger partial charge < -0.3 is 0 Å². The summed E-state index contributed by atoms with van der Waals surface area (Å²) in [7, 11) is 0. The number of aryl methyl sites for hydroxylation is 2. The molecular weight excluding hydrogens is 392 g/mol. The van der Waals surface area contributed by atoms with E-state index in [1.807, 2.05) is 62.4 Å². The van der Waals surface area contributed by atoms with E-state index in [1.165, 1.54) is 11.8 Å². The number of hydrogen-bond donors (Lipinski definition) is 0. The highest BCUT2D eigenvalue weighted by atomic mass is 32.2. The van der Waals surface area contributed by atoms with Gasteiger partial charge in [0.1, 0.15) is 0 Å². The number of pyridine rings is 1. The Hall–Kier alpha value is -3.25. The molecule has 0 aliphatic rings. The molecule has 4 rings (SSSR count). The van der Waals surface area contributed by atoms with Crippen LogP contribution in [0.15, 0.2) is 78.2 Å². The molecule has 2 heterocycles. The first-order valence-electron chi connectivity index (χ1n) is 9.72. The maximum atomic E-state index is 12.8. The third-order valence-electron chi connectivity index (χ3n) is 4.85. The van der Waals surface area contributed by atoms with Crippen molar-refractivity contribution in [2.75, 3.05) is 5.75 Å². The lowest BCUT2D eigenvalue weighted by molar-refractivity contribution is 0.102. The van der Waals surface area contributed by atoms with Gasteiger partial charge in [-0.05, 0) is 37.1 Å². The molecule has 0 unspecified atom stereocenters. The maximum absolute atomic E-state index is 12.8. The van der Waals surface area contributed by atoms with E-state index in [9.17, 15) is 4.79 Å². The zero-order chi connectivity index (χ0) is 20.9. The normalized spacial score (nSPS) is 10.9. The van der Waals surface area contributed by atoms with Crippen molar-refractivity contribution in [1.82, 2.24) is 19.7 Å². The van der Waals surface area contributed by atoms with Crippen LogP contribution in [0.5, 0.6) is 0 Å². The fraction of sp³-hybridized carbons (Fsp3) is 0.167. The van der Waals surface area contributed by atoms with Crippen molar-refractivity contribution >= 4 is 17.5 Å². The minimum atomic E-state index is 0.0947. The molecule has 0 amide bonds. The molecule has 0 saturated carbocycles. The van der Waals surface area contributed by atoms with E-state index in [1.54, 1.807) is 12.4 Å². The van der Waals surface area contributed by atoms with Crippen LogP contribution in [0.1, 0.15) is 27.0 Å². The van der Waals surface area contributed by atoms with E-state index < -0.39 is 0 Å². The van der Waals surface area contributed by atoms with Gasteiger partial charge in [0.05, 0.1) is 12.3 Å². The number of benzene rings is 2. The van der Waals surface area contributed by atoms with Crippen molar-refractivity contribution in [3.8, 4) is 11.4 Å². The third-order valence-corrected chi connectivity index (χ3v) is 5.82. The minimum Gasteiger partial charge on any atom is -0.298 e. The average Bonchev–Trinajstić information content (AvgIpc) is 3.16. The summed E-state index contributed by atoms with van der Waals surface area (Å²) in [6.07, 6.45) is 3.49. The number of thioether (sulfide) groups is 1. The number of aromatic nitrogens is 4. The fourth-order valence-corrected chi connectivity index (χ4v) is 4.17. The van der Waals surface area contributed by atoms with Crippen LogP contribution in [0, 0.1) is 13.8 Å². The van der Waals surface area contributed by atoms with E-state index >= 15 is 0 Å². The molecule has 0 aliphatic carbocycles. The van der Waals surface area contributed by atoms with Crippen LogP contribution in [0.2, 0.25) is 0 Å². The Morgan fingerprint density at radius 2 is 1.73 bits per heavy atom. The van der Waals surface area contributed by atoms with E-state index in [-0.39, 0.29) is 5.78 Å². The maximum Gasteiger partial charge on any atom is 0.192 e. The third kappa shape index (κ3) is 4.49. The van der Waals surface area contributed by atoms with Gasteiger partial charge in [0.25, 0.3) is 0 Å². The Bertz CT molecular complexity index is 1160. The number of Topliss-reactive ketones (excluding diaryl/α,β-unsaturated/α-hetero) is 1. The van der Waals surface area contributed by atoms with Gasteiger partial charge >= 0.3 is 0 Å². The molecule has 0 bridgehead atoms. The average molecular weight is 415 g/mol. The Kier molecular flexibility index (Phi) is 6.05. The predicted octanol–water partition coefficient (Wildman–Crippen LogP) is 4.98. The Balaban J connectivity index is 1.61. The summed E-state index contributed by atoms with van der Waals surface area (Å²) in [5.74, 6) is 1.17. The van der Waals surface area contributed by atoms with Crippen LogP contribution < -0.4 is 0 Å². The monoisotopic (exact) mass is 414 g/mol. The van der Waals surface area contributed by atoms with Gasteiger partial charge in [0, 0.05) is 23.5 Å². The summed E-state index contributed by atoms with van der Waals surface area (Å²) in [5.41, 5.74) is 5.01. The van der Waals surface area contributed by atoms with Crippen molar-refractivity contribution in [2.24, 2.45) is 0 Å². The highest BCUT2D eigenvalue weighted by Gasteiger charge is 2.17. The minimum absolute atomic E-state index is 0.0947. The van der Waals surface area contributed by atoms with Crippen molar-refractivity contribution in [1.29, 1.82) is 0 Å². The lowest BCUT2D eigenvalue weighted by atomic mass is 10.0. The summed E-state index contributed by atoms with van der Waals surface area (Å²) < 4.78 is 2.06. The van der Waals surface area contributed by atoms with Crippen LogP contribution >= 0.6 is 11.8 Å². The number of nitrogens with zero attached hydrogens (tertiary/aromatic N) is 4. The highest BCUT2D eigenvalue weighted by molar-refractivity contribution is 7.99. The van der Waals surface area contributed by atoms with Crippen LogP contribution in [-0.2, 0) is 6.54 Å². The largest absolute Gasteiger partial charge is 0.298 e. The summed E-state index contributed by atoms with van der Waals surface area (Å²) >= 11 is 1.42. The second-order valence-electron chi connectivity index (χ2n) is 7.14. The van der Waals surface area contributed by atoms with Crippen molar-refractivity contribution < 1.29 is 4.79 Å². The molecule has 0 aliphatic heterocycles. The van der Waals surface area contributed by atoms with Gasteiger partial charge in [0.2, 0.25) is 0 Å². The topological polar surface area (TPSA) is 60.7 Å². The molecule has 0 atom stereocenters. The molecule has 2 aromatic carbocycles. The van der Waals surface area contributed by atoms with Gasteiger partial charge in [0.15, 0.2) is 16.8 Å². The van der Waals surface area contributed by atoms with Crippen molar-refractivity contribution in [3.63, 3.8) is 0 Å². The first kappa shape index (κ1) is 20.0. The van der Waals surface area contributed by atoms with Gasteiger partial charge in [-0.25, -0.2) is 0 Å². The molecule has 0 N–H and O–H groups in total. The quantitative estimate of drug-likeness (QED) is 0.315. The first-order chi connectivity index (χ1) is 14.6. The van der Waals surface area contributed by atoms with Crippen LogP contribution in [0.25, 0.3) is 11.4 Å². The van der Waals surface area contributed by atoms with Crippen LogP contribution in [0.4, 0.5) is 0 Å². The molecular formula is C24H22N4OS. The molecule has 5 nitrogen and oxygen atoms in total. The lowest BCUT2D eigenvalue weighted by Crippen LogP contribution is -2.08. The molecule has 2 aromatic heterocycles. The van der Waals surface area contributed by atoms with Gasteiger partial charge in [-0.15, -0.1) is 10.2 Å². The van der Waals surface area contributed by atoms with Gasteiger partial charge in [-0.3, -0.25) is 14.3 Å². The molecule has 0 spiro atoms. The standard InChI is InChI=1S/C24H22N4OS/c1-17-8-9-21(18(2)14-17)22(29)16-30-24-27-26-23(20-10-12-25-13-11-20)28(24)15-19-6-4-3-5-7-19/h3-14H,15-16H2,1-2H3. The molecule has 0 radical (unpaired) electrons. The SMILES string of the molecule is Cc1ccc(C(=O)CSc2nnc(-c3ccncc3)n2Cc2ccccc2)c(C)c1. The van der Waals surface area contributed by atoms with Crippen molar-refractivity contribution in [3.05, 3.63) is 95.3 Å². The molecule has 6 heteroatoms. The summed E-state index contributed by atoms with van der Waals surface area (Å²) in [5, 5.41) is 9.54. The first-order valence-corrected chi connectivity index (χ1v) is 10.7. The second kappa shape index (κ2) is 9.05. The fourth-order valence-electron chi connectivity index (χ4n) is 3.35. The molecule has 4 aromatic rings. The molecule has 0 fully saturated rings. The Morgan fingerprint density at radius 3 is 2.47 bits per heavy atom. The summed E-state index contributed by atoms with van der Waals surface area (Å²) in [6.45, 7) is 4.64. The second-order valence-corrected chi connectivity index (χ2v) is 8.09. The predicted molar refractivity (Wildman–Crippen MR) is 120 cm³/mol. The number of carbonyl (C=O) groups is 1. The highest BCUT2D eigenvalue weighted by Crippen LogP contribution is 2.26. The molecule has 30 heavy (non-hydrogen) atoms. The summed E-state index contributed by atoms with van der Waals surface area (Å²) in [4.78, 5) is 16.9. The van der Waals surface area contributed by atoms with E-state index in [4.69, 9.17) is 0 Å². The van der Waals surface area contributed by atoms with E-state index in [2.05, 4.69) is 31.9 Å². The number of hydrogen-bond acceptors (Lipinski definition) is 5. The zero-order valence-corrected chi connectivity index (χ0v) is 17.8. The Morgan fingerprint density at radius 1 is 0.967 bits per heavy atom. The van der Waals surface area contributed by atoms with E-state index in [0.29, 0.717) is 12.3 Å². The molecule has 150 valence electrons. The summed E-state index contributed by atoms with van der Waals surface area (Å²) in [6, 6.07) is 19.9. The number of ketones is 1. The zero-order valence-electron chi connectivity index (χ0n) is 16.9. The van der Waals surface area contributed by atoms with E-state index in [0.717, 1.165) is 38.8 Å². The van der Waals surface area contributed by atoms with Gasteiger partial charge in [-0.1, -0.05) is 65.9 Å².